The highest BCUT2D eigenvalue weighted by molar-refractivity contribution is 5.87. The number of rotatable bonds is 12. The molecule has 0 saturated carbocycles. The maximum absolute atomic E-state index is 13.3. The van der Waals surface area contributed by atoms with E-state index < -0.39 is 0 Å². The second-order valence-corrected chi connectivity index (χ2v) is 9.95. The number of carbonyl (C=O) groups is 2. The van der Waals surface area contributed by atoms with Crippen molar-refractivity contribution in [2.45, 2.75) is 57.8 Å². The summed E-state index contributed by atoms with van der Waals surface area (Å²) in [4.78, 5) is 35.3. The molecule has 1 fully saturated rings. The third-order valence-corrected chi connectivity index (χ3v) is 7.20. The fourth-order valence-electron chi connectivity index (χ4n) is 4.99. The smallest absolute Gasteiger partial charge is 0.230 e. The van der Waals surface area contributed by atoms with Crippen LogP contribution in [0.4, 0.5) is 0 Å². The zero-order valence-corrected chi connectivity index (χ0v) is 21.1. The predicted octanol–water partition coefficient (Wildman–Crippen LogP) is 5.31. The maximum atomic E-state index is 13.3. The SMILES string of the molecule is CCC(=O)CCCCCC(C(=O)NCC1CCN(C)C1)c1ncc(-c2ccc3ccccc3c2)[nH]1. The van der Waals surface area contributed by atoms with E-state index in [1.807, 2.05) is 25.3 Å². The van der Waals surface area contributed by atoms with Crippen LogP contribution < -0.4 is 5.32 Å². The average molecular weight is 475 g/mol. The summed E-state index contributed by atoms with van der Waals surface area (Å²) in [7, 11) is 2.13. The molecule has 0 aliphatic carbocycles. The molecular weight excluding hydrogens is 436 g/mol. The number of amides is 1. The topological polar surface area (TPSA) is 78.1 Å². The first kappa shape index (κ1) is 25.1. The van der Waals surface area contributed by atoms with Crippen LogP contribution in [0.3, 0.4) is 0 Å². The third kappa shape index (κ3) is 6.79. The standard InChI is InChI=1S/C29H38N4O2/c1-3-25(34)11-5-4-6-12-26(29(35)31-18-21-15-16-33(2)20-21)28-30-19-27(32-28)24-14-13-22-9-7-8-10-23(22)17-24/h7-10,13-14,17,19,21,26H,3-6,11-12,15-16,18,20H2,1-2H3,(H,30,32)(H,31,35). The lowest BCUT2D eigenvalue weighted by Crippen LogP contribution is -2.34. The quantitative estimate of drug-likeness (QED) is 0.349. The van der Waals surface area contributed by atoms with Gasteiger partial charge in [0, 0.05) is 31.5 Å². The number of fused-ring (bicyclic) bond motifs is 1. The molecule has 0 bridgehead atoms. The second-order valence-electron chi connectivity index (χ2n) is 9.95. The number of unbranched alkanes of at least 4 members (excludes halogenated alkanes) is 2. The molecule has 1 aliphatic heterocycles. The molecule has 2 N–H and O–H groups in total. The first-order valence-corrected chi connectivity index (χ1v) is 13.1. The van der Waals surface area contributed by atoms with Crippen LogP contribution in [0.25, 0.3) is 22.0 Å². The molecule has 1 aromatic heterocycles. The van der Waals surface area contributed by atoms with Crippen LogP contribution in [0.2, 0.25) is 0 Å². The van der Waals surface area contributed by atoms with Crippen molar-refractivity contribution in [3.63, 3.8) is 0 Å². The minimum atomic E-state index is -0.315. The van der Waals surface area contributed by atoms with Crippen LogP contribution in [0, 0.1) is 5.92 Å². The number of H-pyrrole nitrogens is 1. The van der Waals surface area contributed by atoms with Crippen LogP contribution in [-0.4, -0.2) is 53.2 Å². The van der Waals surface area contributed by atoms with Gasteiger partial charge in [0.2, 0.25) is 5.91 Å². The number of aromatic amines is 1. The van der Waals surface area contributed by atoms with Crippen LogP contribution in [-0.2, 0) is 9.59 Å². The van der Waals surface area contributed by atoms with Gasteiger partial charge < -0.3 is 15.2 Å². The molecule has 3 aromatic rings. The number of Topliss-reactive ketones (excluding diaryl/α,β-unsaturated/α-hetero) is 1. The summed E-state index contributed by atoms with van der Waals surface area (Å²) in [5, 5.41) is 5.59. The van der Waals surface area contributed by atoms with Gasteiger partial charge in [-0.15, -0.1) is 0 Å². The summed E-state index contributed by atoms with van der Waals surface area (Å²) in [6, 6.07) is 14.7. The summed E-state index contributed by atoms with van der Waals surface area (Å²) < 4.78 is 0. The van der Waals surface area contributed by atoms with Crippen LogP contribution in [0.1, 0.15) is 63.6 Å². The highest BCUT2D eigenvalue weighted by atomic mass is 16.2. The zero-order chi connectivity index (χ0) is 24.6. The summed E-state index contributed by atoms with van der Waals surface area (Å²) in [6.45, 7) is 4.74. The van der Waals surface area contributed by atoms with Crippen LogP contribution >= 0.6 is 0 Å². The summed E-state index contributed by atoms with van der Waals surface area (Å²) in [5.41, 5.74) is 1.99. The third-order valence-electron chi connectivity index (χ3n) is 7.20. The zero-order valence-electron chi connectivity index (χ0n) is 21.1. The molecule has 6 nitrogen and oxygen atoms in total. The van der Waals surface area contributed by atoms with Crippen molar-refractivity contribution >= 4 is 22.5 Å². The van der Waals surface area contributed by atoms with Gasteiger partial charge in [-0.05, 0) is 55.6 Å². The van der Waals surface area contributed by atoms with Gasteiger partial charge in [-0.2, -0.15) is 0 Å². The van der Waals surface area contributed by atoms with E-state index >= 15 is 0 Å². The molecule has 0 radical (unpaired) electrons. The van der Waals surface area contributed by atoms with Crippen LogP contribution in [0.5, 0.6) is 0 Å². The number of hydrogen-bond donors (Lipinski definition) is 2. The summed E-state index contributed by atoms with van der Waals surface area (Å²) in [6.07, 6.45) is 7.65. The van der Waals surface area contributed by atoms with E-state index in [1.165, 1.54) is 10.8 Å². The molecule has 2 unspecified atom stereocenters. The average Bonchev–Trinajstić information content (AvgIpc) is 3.53. The highest BCUT2D eigenvalue weighted by Gasteiger charge is 2.26. The number of ketones is 1. The summed E-state index contributed by atoms with van der Waals surface area (Å²) >= 11 is 0. The van der Waals surface area contributed by atoms with Crippen molar-refractivity contribution in [2.24, 2.45) is 5.92 Å². The first-order valence-electron chi connectivity index (χ1n) is 13.1. The molecule has 1 aliphatic rings. The number of hydrogen-bond acceptors (Lipinski definition) is 4. The minimum absolute atomic E-state index is 0.0450. The Morgan fingerprint density at radius 1 is 1.14 bits per heavy atom. The van der Waals surface area contributed by atoms with Crippen molar-refractivity contribution in [3.05, 3.63) is 54.5 Å². The van der Waals surface area contributed by atoms with E-state index in [2.05, 4.69) is 57.6 Å². The largest absolute Gasteiger partial charge is 0.355 e. The Morgan fingerprint density at radius 3 is 2.74 bits per heavy atom. The Kier molecular flexibility index (Phi) is 8.69. The molecule has 35 heavy (non-hydrogen) atoms. The second kappa shape index (κ2) is 12.1. The van der Waals surface area contributed by atoms with E-state index in [4.69, 9.17) is 0 Å². The molecule has 2 atom stereocenters. The molecule has 2 heterocycles. The lowest BCUT2D eigenvalue weighted by Gasteiger charge is -2.17. The Bertz CT molecular complexity index is 1140. The summed E-state index contributed by atoms with van der Waals surface area (Å²) in [5.74, 6) is 1.27. The molecule has 0 spiro atoms. The van der Waals surface area contributed by atoms with Gasteiger partial charge in [-0.1, -0.05) is 56.2 Å². The number of imidazole rings is 1. The van der Waals surface area contributed by atoms with Gasteiger partial charge in [0.15, 0.2) is 0 Å². The van der Waals surface area contributed by atoms with E-state index in [0.717, 1.165) is 62.3 Å². The number of aromatic nitrogens is 2. The van der Waals surface area contributed by atoms with Crippen LogP contribution in [0.15, 0.2) is 48.7 Å². The molecule has 2 aromatic carbocycles. The Morgan fingerprint density at radius 2 is 1.97 bits per heavy atom. The van der Waals surface area contributed by atoms with Gasteiger partial charge in [-0.25, -0.2) is 4.98 Å². The van der Waals surface area contributed by atoms with Gasteiger partial charge in [0.1, 0.15) is 11.6 Å². The molecule has 6 heteroatoms. The molecule has 186 valence electrons. The fraction of sp³-hybridized carbons (Fsp3) is 0.483. The minimum Gasteiger partial charge on any atom is -0.355 e. The first-order chi connectivity index (χ1) is 17.0. The van der Waals surface area contributed by atoms with Gasteiger partial charge in [0.05, 0.1) is 17.8 Å². The predicted molar refractivity (Wildman–Crippen MR) is 141 cm³/mol. The Hall–Kier alpha value is -2.99. The normalized spacial score (nSPS) is 17.0. The molecule has 1 saturated heterocycles. The van der Waals surface area contributed by atoms with E-state index in [-0.39, 0.29) is 11.8 Å². The Balaban J connectivity index is 1.44. The van der Waals surface area contributed by atoms with Crippen molar-refractivity contribution in [1.82, 2.24) is 20.2 Å². The van der Waals surface area contributed by atoms with E-state index in [1.54, 1.807) is 0 Å². The van der Waals surface area contributed by atoms with Gasteiger partial charge >= 0.3 is 0 Å². The van der Waals surface area contributed by atoms with Crippen molar-refractivity contribution < 1.29 is 9.59 Å². The molecule has 4 rings (SSSR count). The lowest BCUT2D eigenvalue weighted by atomic mass is 9.98. The van der Waals surface area contributed by atoms with Gasteiger partial charge in [-0.3, -0.25) is 9.59 Å². The number of likely N-dealkylation sites (tertiary alicyclic amines) is 1. The Labute approximate surface area is 208 Å². The van der Waals surface area contributed by atoms with E-state index in [0.29, 0.717) is 31.1 Å². The van der Waals surface area contributed by atoms with Crippen molar-refractivity contribution in [1.29, 1.82) is 0 Å². The van der Waals surface area contributed by atoms with E-state index in [9.17, 15) is 9.59 Å². The van der Waals surface area contributed by atoms with Gasteiger partial charge in [0.25, 0.3) is 0 Å². The fourth-order valence-corrected chi connectivity index (χ4v) is 4.99. The number of nitrogens with one attached hydrogen (secondary N) is 2. The van der Waals surface area contributed by atoms with Crippen molar-refractivity contribution in [3.8, 4) is 11.3 Å². The highest BCUT2D eigenvalue weighted by Crippen LogP contribution is 2.27. The van der Waals surface area contributed by atoms with Crippen molar-refractivity contribution in [2.75, 3.05) is 26.7 Å². The maximum Gasteiger partial charge on any atom is 0.230 e. The number of benzene rings is 2. The number of nitrogens with zero attached hydrogens (tertiary/aromatic N) is 2. The molecular formula is C29H38N4O2. The number of carbonyl (C=O) groups excluding carboxylic acids is 2. The lowest BCUT2D eigenvalue weighted by molar-refractivity contribution is -0.123. The monoisotopic (exact) mass is 474 g/mol. The molecule has 1 amide bonds.